The Hall–Kier alpha value is -13.0. The number of hydrogen-bond donors (Lipinski definition) is 0. The van der Waals surface area contributed by atoms with Gasteiger partial charge in [0.2, 0.25) is 5.82 Å². The SMILES string of the molecule is [C-]#[N+]c1cc(-n2c3ccc(-n4c5ccccc5c5ccccc54)cc3c3cc(-n4c5ccccc5c5ccccc54)ccc32)c(-n2c3ccc(-n4c5ccccc5c5ccccc54)cc3c3cc(-n4c5ccccc5c5ccccc54)ccc32)cc1-c1c(F)c(F)c(F)c(F)c1F. The van der Waals surface area contributed by atoms with E-state index in [9.17, 15) is 0 Å². The van der Waals surface area contributed by atoms with E-state index < -0.39 is 40.2 Å². The molecule has 0 saturated carbocycles. The zero-order chi connectivity index (χ0) is 64.6. The molecule has 0 radical (unpaired) electrons. The highest BCUT2D eigenvalue weighted by atomic mass is 19.2. The number of nitrogens with zero attached hydrogens (tertiary/aromatic N) is 7. The number of aromatic nitrogens is 6. The molecule has 97 heavy (non-hydrogen) atoms. The second-order valence-electron chi connectivity index (χ2n) is 24.9. The fraction of sp³-hybridized carbons (Fsp3) is 0. The maximum atomic E-state index is 16.8. The first kappa shape index (κ1) is 54.6. The van der Waals surface area contributed by atoms with E-state index in [1.807, 2.05) is 114 Å². The number of fused-ring (bicyclic) bond motifs is 18. The summed E-state index contributed by atoms with van der Waals surface area (Å²) in [6.07, 6.45) is 0. The normalized spacial score (nSPS) is 12.2. The highest BCUT2D eigenvalue weighted by Gasteiger charge is 2.31. The molecular weight excluding hydrogens is 1210 g/mol. The largest absolute Gasteiger partial charge is 0.309 e. The predicted octanol–water partition coefficient (Wildman–Crippen LogP) is 23.2. The summed E-state index contributed by atoms with van der Waals surface area (Å²) >= 11 is 0. The van der Waals surface area contributed by atoms with Crippen LogP contribution in [0.4, 0.5) is 27.6 Å². The van der Waals surface area contributed by atoms with Gasteiger partial charge in [-0.15, -0.1) is 0 Å². The molecule has 0 unspecified atom stereocenters. The molecule has 456 valence electrons. The van der Waals surface area contributed by atoms with E-state index >= 15 is 22.0 Å². The van der Waals surface area contributed by atoms with Gasteiger partial charge in [-0.1, -0.05) is 146 Å². The van der Waals surface area contributed by atoms with Crippen molar-refractivity contribution in [1.29, 1.82) is 0 Å². The van der Waals surface area contributed by atoms with Crippen LogP contribution in [0, 0.1) is 35.7 Å². The van der Waals surface area contributed by atoms with E-state index in [0.29, 0.717) is 27.8 Å². The third-order valence-electron chi connectivity index (χ3n) is 20.0. The number of benzene rings is 14. The summed E-state index contributed by atoms with van der Waals surface area (Å²) in [5.74, 6) is -10.7. The van der Waals surface area contributed by atoms with Crippen LogP contribution in [0.15, 0.2) is 279 Å². The topological polar surface area (TPSA) is 33.9 Å². The van der Waals surface area contributed by atoms with Crippen LogP contribution in [0.2, 0.25) is 0 Å². The van der Waals surface area contributed by atoms with Crippen LogP contribution in [-0.4, -0.2) is 27.4 Å². The highest BCUT2D eigenvalue weighted by Crippen LogP contribution is 2.48. The molecule has 20 rings (SSSR count). The predicted molar refractivity (Wildman–Crippen MR) is 384 cm³/mol. The molecule has 0 bridgehead atoms. The molecular formula is C85H46F5N7. The van der Waals surface area contributed by atoms with Gasteiger partial charge in [0.1, 0.15) is 0 Å². The first-order valence-corrected chi connectivity index (χ1v) is 31.9. The Morgan fingerprint density at radius 1 is 0.216 bits per heavy atom. The standard InChI is InChI=1S/C85H46F5N7/c1-91-65-47-79(97-76-40-36-50(94-70-30-14-6-22-56(70)57-23-7-15-31-71(57)94)44-62(76)63-45-51(37-41-77(63)97)95-72-32-16-8-24-58(72)59-25-9-17-33-73(59)95)78(46-64(65)80-81(86)83(88)85(90)84(89)82(80)87)96-74-38-34-48(92-66-26-10-2-18-52(66)53-19-3-11-27-67(53)92)42-60(74)61-43-49(35-39-75(61)96)93-68-28-12-4-20-54(68)55-21-5-13-29-69(55)93/h2-47H. The molecule has 6 heterocycles. The van der Waals surface area contributed by atoms with Gasteiger partial charge in [0.15, 0.2) is 29.0 Å². The number of para-hydroxylation sites is 8. The van der Waals surface area contributed by atoms with Gasteiger partial charge in [-0.05, 0) is 139 Å². The van der Waals surface area contributed by atoms with Crippen LogP contribution in [0.1, 0.15) is 0 Å². The minimum atomic E-state index is -2.30. The van der Waals surface area contributed by atoms with Gasteiger partial charge in [0.05, 0.1) is 84.1 Å². The molecule has 0 atom stereocenters. The van der Waals surface area contributed by atoms with Gasteiger partial charge in [-0.25, -0.2) is 26.8 Å². The maximum Gasteiger partial charge on any atom is 0.200 e. The Kier molecular flexibility index (Phi) is 11.4. The highest BCUT2D eigenvalue weighted by molar-refractivity contribution is 6.17. The number of halogens is 5. The van der Waals surface area contributed by atoms with Gasteiger partial charge in [0, 0.05) is 92.9 Å². The second kappa shape index (κ2) is 20.3. The van der Waals surface area contributed by atoms with Crippen molar-refractivity contribution >= 4 is 137 Å². The van der Waals surface area contributed by atoms with E-state index in [4.69, 9.17) is 6.57 Å². The van der Waals surface area contributed by atoms with Gasteiger partial charge in [-0.3, -0.25) is 0 Å². The molecule has 0 aliphatic heterocycles. The molecule has 0 N–H and O–H groups in total. The Bertz CT molecular complexity index is 6340. The van der Waals surface area contributed by atoms with Crippen molar-refractivity contribution in [2.45, 2.75) is 0 Å². The van der Waals surface area contributed by atoms with Crippen molar-refractivity contribution in [3.05, 3.63) is 320 Å². The average Bonchev–Trinajstić information content (AvgIpc) is 1.60. The van der Waals surface area contributed by atoms with Crippen molar-refractivity contribution in [1.82, 2.24) is 27.4 Å². The first-order valence-electron chi connectivity index (χ1n) is 31.9. The number of hydrogen-bond acceptors (Lipinski definition) is 0. The Labute approximate surface area is 547 Å². The van der Waals surface area contributed by atoms with Crippen LogP contribution in [0.25, 0.3) is 181 Å². The Balaban J connectivity index is 0.931. The first-order chi connectivity index (χ1) is 47.7. The van der Waals surface area contributed by atoms with Crippen LogP contribution in [0.3, 0.4) is 0 Å². The summed E-state index contributed by atoms with van der Waals surface area (Å²) in [7, 11) is 0. The minimum Gasteiger partial charge on any atom is -0.309 e. The second-order valence-corrected chi connectivity index (χ2v) is 24.9. The van der Waals surface area contributed by atoms with E-state index in [0.717, 1.165) is 132 Å². The lowest BCUT2D eigenvalue weighted by atomic mass is 9.99. The van der Waals surface area contributed by atoms with Crippen LogP contribution in [-0.2, 0) is 0 Å². The molecule has 20 aromatic rings. The summed E-state index contributed by atoms with van der Waals surface area (Å²) in [5.41, 5.74) is 12.9. The van der Waals surface area contributed by atoms with Crippen molar-refractivity contribution in [3.8, 4) is 45.3 Å². The summed E-state index contributed by atoms with van der Waals surface area (Å²) in [6, 6.07) is 94.7. The van der Waals surface area contributed by atoms with Crippen molar-refractivity contribution in [2.24, 2.45) is 0 Å². The van der Waals surface area contributed by atoms with Crippen molar-refractivity contribution in [2.75, 3.05) is 0 Å². The molecule has 0 aliphatic rings. The molecule has 0 fully saturated rings. The lowest BCUT2D eigenvalue weighted by Crippen LogP contribution is -2.07. The van der Waals surface area contributed by atoms with Gasteiger partial charge in [-0.2, -0.15) is 0 Å². The van der Waals surface area contributed by atoms with E-state index in [-0.39, 0.29) is 11.4 Å². The lowest BCUT2D eigenvalue weighted by molar-refractivity contribution is 0.381. The zero-order valence-electron chi connectivity index (χ0n) is 51.1. The fourth-order valence-corrected chi connectivity index (χ4v) is 15.9. The molecule has 7 nitrogen and oxygen atoms in total. The van der Waals surface area contributed by atoms with Gasteiger partial charge in [0.25, 0.3) is 0 Å². The van der Waals surface area contributed by atoms with Gasteiger partial charge < -0.3 is 27.4 Å². The molecule has 0 aliphatic carbocycles. The van der Waals surface area contributed by atoms with E-state index in [1.165, 1.54) is 12.1 Å². The molecule has 14 aromatic carbocycles. The summed E-state index contributed by atoms with van der Waals surface area (Å²) in [6.45, 7) is 8.87. The van der Waals surface area contributed by atoms with Crippen molar-refractivity contribution in [3.63, 3.8) is 0 Å². The zero-order valence-corrected chi connectivity index (χ0v) is 51.1. The van der Waals surface area contributed by atoms with Crippen molar-refractivity contribution < 1.29 is 22.0 Å². The maximum absolute atomic E-state index is 16.8. The van der Waals surface area contributed by atoms with Crippen LogP contribution >= 0.6 is 0 Å². The molecule has 6 aromatic heterocycles. The quantitative estimate of drug-likeness (QED) is 0.0660. The molecule has 0 amide bonds. The summed E-state index contributed by atoms with van der Waals surface area (Å²) < 4.78 is 93.7. The Morgan fingerprint density at radius 2 is 0.433 bits per heavy atom. The van der Waals surface area contributed by atoms with Gasteiger partial charge >= 0.3 is 0 Å². The lowest BCUT2D eigenvalue weighted by Gasteiger charge is -2.20. The summed E-state index contributed by atoms with van der Waals surface area (Å²) in [4.78, 5) is 3.92. The third kappa shape index (κ3) is 7.53. The average molecular weight is 1260 g/mol. The summed E-state index contributed by atoms with van der Waals surface area (Å²) in [5, 5.41) is 12.0. The minimum absolute atomic E-state index is 0.289. The fourth-order valence-electron chi connectivity index (χ4n) is 15.9. The molecule has 12 heteroatoms. The van der Waals surface area contributed by atoms with E-state index in [2.05, 4.69) is 185 Å². The van der Waals surface area contributed by atoms with Crippen LogP contribution in [0.5, 0.6) is 0 Å². The Morgan fingerprint density at radius 3 is 0.680 bits per heavy atom. The van der Waals surface area contributed by atoms with E-state index in [1.54, 1.807) is 0 Å². The number of rotatable bonds is 7. The van der Waals surface area contributed by atoms with Crippen LogP contribution < -0.4 is 0 Å². The third-order valence-corrected chi connectivity index (χ3v) is 20.0. The monoisotopic (exact) mass is 1260 g/mol. The molecule has 0 saturated heterocycles. The smallest absolute Gasteiger partial charge is 0.200 e. The molecule has 0 spiro atoms.